The maximum Gasteiger partial charge on any atom is 0.0895 e. The first-order valence-corrected chi connectivity index (χ1v) is 4.54. The molecule has 1 nitrogen and oxygen atoms in total. The summed E-state index contributed by atoms with van der Waals surface area (Å²) in [4.78, 5) is 3.88. The van der Waals surface area contributed by atoms with E-state index >= 15 is 0 Å². The predicted octanol–water partition coefficient (Wildman–Crippen LogP) is 3.01. The Labute approximate surface area is 87.4 Å². The van der Waals surface area contributed by atoms with Gasteiger partial charge in [0.1, 0.15) is 0 Å². The Morgan fingerprint density at radius 3 is 2.85 bits per heavy atom. The van der Waals surface area contributed by atoms with Gasteiger partial charge in [-0.2, -0.15) is 4.99 Å². The summed E-state index contributed by atoms with van der Waals surface area (Å²) in [7, 11) is 0. The number of hydrogen-bond donors (Lipinski definition) is 0. The molecule has 0 aromatic heterocycles. The van der Waals surface area contributed by atoms with E-state index in [1.165, 1.54) is 0 Å². The van der Waals surface area contributed by atoms with Gasteiger partial charge in [-0.15, -0.1) is 11.6 Å². The van der Waals surface area contributed by atoms with Crippen molar-refractivity contribution in [1.29, 1.82) is 0 Å². The van der Waals surface area contributed by atoms with Crippen LogP contribution in [0.25, 0.3) is 0 Å². The van der Waals surface area contributed by atoms with E-state index in [1.54, 1.807) is 0 Å². The first kappa shape index (κ1) is 9.95. The largest absolute Gasteiger partial charge is 0.193 e. The molecule has 0 bridgehead atoms. The Kier molecular flexibility index (Phi) is 4.21. The Morgan fingerprint density at radius 2 is 2.15 bits per heavy atom. The summed E-state index contributed by atoms with van der Waals surface area (Å²) < 4.78 is 0. The highest BCUT2D eigenvalue weighted by molar-refractivity contribution is 7.78. The van der Waals surface area contributed by atoms with Crippen LogP contribution in [0.1, 0.15) is 5.56 Å². The Morgan fingerprint density at radius 1 is 1.38 bits per heavy atom. The van der Waals surface area contributed by atoms with E-state index in [-0.39, 0.29) is 0 Å². The molecule has 0 spiro atoms. The maximum atomic E-state index is 5.44. The van der Waals surface area contributed by atoms with E-state index in [2.05, 4.69) is 34.2 Å². The van der Waals surface area contributed by atoms with Crippen molar-refractivity contribution >= 4 is 34.7 Å². The second-order valence-electron chi connectivity index (χ2n) is 2.16. The Balaban J connectivity index is 3.11. The molecule has 0 aliphatic heterocycles. The molecule has 3 heteroatoms. The fourth-order valence-corrected chi connectivity index (χ4v) is 1.02. The molecule has 1 aromatic carbocycles. The van der Waals surface area contributed by atoms with E-state index in [0.29, 0.717) is 5.88 Å². The molecular weight excluding hydrogens is 202 g/mol. The van der Waals surface area contributed by atoms with Crippen LogP contribution in [-0.2, 0) is 0 Å². The Bertz CT molecular complexity index is 397. The molecule has 0 unspecified atom stereocenters. The summed E-state index contributed by atoms with van der Waals surface area (Å²) in [6.45, 7) is 0. The fraction of sp³-hybridized carbons (Fsp3) is 0.100. The number of benzene rings is 1. The highest BCUT2D eigenvalue weighted by atomic mass is 35.5. The van der Waals surface area contributed by atoms with Gasteiger partial charge in [0.25, 0.3) is 0 Å². The van der Waals surface area contributed by atoms with Crippen LogP contribution in [0.4, 0.5) is 5.69 Å². The van der Waals surface area contributed by atoms with Crippen LogP contribution in [0, 0.1) is 11.8 Å². The molecule has 0 aliphatic carbocycles. The lowest BCUT2D eigenvalue weighted by atomic mass is 10.2. The second-order valence-corrected chi connectivity index (χ2v) is 2.61. The SMILES string of the molecule is S=C=Nc1ccccc1C#CCCl. The lowest BCUT2D eigenvalue weighted by Gasteiger charge is -1.93. The molecule has 0 radical (unpaired) electrons. The first-order chi connectivity index (χ1) is 6.38. The molecule has 0 saturated carbocycles. The number of nitrogens with zero attached hydrogens (tertiary/aromatic N) is 1. The minimum absolute atomic E-state index is 0.315. The fourth-order valence-electron chi connectivity index (χ4n) is 0.855. The van der Waals surface area contributed by atoms with E-state index in [9.17, 15) is 0 Å². The summed E-state index contributed by atoms with van der Waals surface area (Å²) in [6.07, 6.45) is 0. The number of alkyl halides is 1. The molecule has 0 amide bonds. The minimum Gasteiger partial charge on any atom is -0.193 e. The zero-order valence-corrected chi connectivity index (χ0v) is 8.32. The quantitative estimate of drug-likeness (QED) is 0.299. The zero-order chi connectivity index (χ0) is 9.52. The van der Waals surface area contributed by atoms with Crippen LogP contribution < -0.4 is 0 Å². The van der Waals surface area contributed by atoms with Crippen molar-refractivity contribution in [2.45, 2.75) is 0 Å². The highest BCUT2D eigenvalue weighted by Gasteiger charge is 1.93. The number of isothiocyanates is 1. The third kappa shape index (κ3) is 3.01. The lowest BCUT2D eigenvalue weighted by molar-refractivity contribution is 1.51. The third-order valence-corrected chi connectivity index (χ3v) is 1.58. The summed E-state index contributed by atoms with van der Waals surface area (Å²) in [5, 5.41) is 2.31. The van der Waals surface area contributed by atoms with Crippen molar-refractivity contribution in [1.82, 2.24) is 0 Å². The van der Waals surface area contributed by atoms with Gasteiger partial charge in [0.2, 0.25) is 0 Å². The zero-order valence-electron chi connectivity index (χ0n) is 6.75. The van der Waals surface area contributed by atoms with Crippen molar-refractivity contribution in [2.24, 2.45) is 4.99 Å². The summed E-state index contributed by atoms with van der Waals surface area (Å²) in [6, 6.07) is 7.46. The molecule has 1 aromatic rings. The van der Waals surface area contributed by atoms with Gasteiger partial charge in [0, 0.05) is 0 Å². The summed E-state index contributed by atoms with van der Waals surface area (Å²) in [5.74, 6) is 5.96. The first-order valence-electron chi connectivity index (χ1n) is 3.60. The van der Waals surface area contributed by atoms with E-state index in [1.807, 2.05) is 24.3 Å². The van der Waals surface area contributed by atoms with Crippen molar-refractivity contribution in [3.05, 3.63) is 29.8 Å². The van der Waals surface area contributed by atoms with E-state index in [0.717, 1.165) is 11.3 Å². The molecule has 0 atom stereocenters. The van der Waals surface area contributed by atoms with E-state index < -0.39 is 0 Å². The number of hydrogen-bond acceptors (Lipinski definition) is 2. The number of halogens is 1. The monoisotopic (exact) mass is 207 g/mol. The smallest absolute Gasteiger partial charge is 0.0895 e. The molecule has 0 heterocycles. The number of rotatable bonds is 1. The Hall–Kier alpha value is -1.13. The number of aliphatic imine (C=N–C) groups is 1. The van der Waals surface area contributed by atoms with Crippen LogP contribution in [0.15, 0.2) is 29.3 Å². The van der Waals surface area contributed by atoms with Crippen LogP contribution in [0.5, 0.6) is 0 Å². The molecule has 64 valence electrons. The second kappa shape index (κ2) is 5.50. The van der Waals surface area contributed by atoms with Gasteiger partial charge in [-0.05, 0) is 24.4 Å². The summed E-state index contributed by atoms with van der Waals surface area (Å²) >= 11 is 9.96. The molecule has 1 rings (SSSR count). The van der Waals surface area contributed by atoms with Crippen LogP contribution in [0.2, 0.25) is 0 Å². The molecule has 13 heavy (non-hydrogen) atoms. The van der Waals surface area contributed by atoms with Gasteiger partial charge in [-0.25, -0.2) is 0 Å². The van der Waals surface area contributed by atoms with Gasteiger partial charge >= 0.3 is 0 Å². The number of thiocarbonyl (C=S) groups is 1. The molecular formula is C10H6ClNS. The molecule has 0 N–H and O–H groups in total. The van der Waals surface area contributed by atoms with Gasteiger partial charge in [0.15, 0.2) is 0 Å². The average molecular weight is 208 g/mol. The van der Waals surface area contributed by atoms with Crippen LogP contribution in [-0.4, -0.2) is 11.0 Å². The van der Waals surface area contributed by atoms with E-state index in [4.69, 9.17) is 11.6 Å². The van der Waals surface area contributed by atoms with Crippen molar-refractivity contribution in [3.8, 4) is 11.8 Å². The molecule has 0 saturated heterocycles. The maximum absolute atomic E-state index is 5.44. The van der Waals surface area contributed by atoms with Gasteiger partial charge in [-0.3, -0.25) is 0 Å². The average Bonchev–Trinajstić information content (AvgIpc) is 2.17. The van der Waals surface area contributed by atoms with Crippen molar-refractivity contribution < 1.29 is 0 Å². The van der Waals surface area contributed by atoms with Crippen molar-refractivity contribution in [2.75, 3.05) is 5.88 Å². The standard InChI is InChI=1S/C10H6ClNS/c11-7-3-5-9-4-1-2-6-10(9)12-8-13/h1-2,4,6H,7H2. The van der Waals surface area contributed by atoms with Crippen LogP contribution in [0.3, 0.4) is 0 Å². The lowest BCUT2D eigenvalue weighted by Crippen LogP contribution is -1.75. The molecule has 0 aliphatic rings. The minimum atomic E-state index is 0.315. The third-order valence-electron chi connectivity index (χ3n) is 1.36. The highest BCUT2D eigenvalue weighted by Crippen LogP contribution is 2.16. The summed E-state index contributed by atoms with van der Waals surface area (Å²) in [5.41, 5.74) is 1.55. The van der Waals surface area contributed by atoms with Gasteiger partial charge in [-0.1, -0.05) is 24.0 Å². The molecule has 0 fully saturated rings. The number of para-hydroxylation sites is 1. The van der Waals surface area contributed by atoms with Gasteiger partial charge in [0.05, 0.1) is 22.3 Å². The van der Waals surface area contributed by atoms with Crippen molar-refractivity contribution in [3.63, 3.8) is 0 Å². The normalized spacial score (nSPS) is 8.08. The topological polar surface area (TPSA) is 12.4 Å². The van der Waals surface area contributed by atoms with Crippen LogP contribution >= 0.6 is 23.8 Å². The predicted molar refractivity (Wildman–Crippen MR) is 58.7 cm³/mol. The van der Waals surface area contributed by atoms with Gasteiger partial charge < -0.3 is 0 Å².